The predicted molar refractivity (Wildman–Crippen MR) is 145 cm³/mol. The molecular formula is C32H40FNO4. The number of ether oxygens (including phenoxy) is 2. The number of fused-ring (bicyclic) bond motifs is 2. The van der Waals surface area contributed by atoms with Crippen LogP contribution in [0.15, 0.2) is 54.1 Å². The molecule has 204 valence electrons. The van der Waals surface area contributed by atoms with Crippen LogP contribution in [0, 0.1) is 40.8 Å². The van der Waals surface area contributed by atoms with E-state index in [1.165, 1.54) is 11.6 Å². The molecule has 5 rings (SSSR count). The smallest absolute Gasteiger partial charge is 0.407 e. The molecule has 1 aliphatic heterocycles. The van der Waals surface area contributed by atoms with E-state index in [4.69, 9.17) is 9.47 Å². The van der Waals surface area contributed by atoms with Gasteiger partial charge in [0, 0.05) is 11.5 Å². The molecule has 0 spiro atoms. The third-order valence-electron chi connectivity index (χ3n) is 9.79. The highest BCUT2D eigenvalue weighted by Crippen LogP contribution is 2.60. The van der Waals surface area contributed by atoms with Crippen molar-refractivity contribution in [2.24, 2.45) is 35.0 Å². The number of carbonyl (C=O) groups excluding carboxylic acids is 2. The zero-order valence-corrected chi connectivity index (χ0v) is 22.9. The van der Waals surface area contributed by atoms with Gasteiger partial charge in [-0.15, -0.1) is 0 Å². The van der Waals surface area contributed by atoms with Crippen molar-refractivity contribution < 1.29 is 23.5 Å². The molecule has 2 saturated carbocycles. The van der Waals surface area contributed by atoms with Crippen LogP contribution in [0.25, 0.3) is 5.57 Å². The number of nitrogens with one attached hydrogen (secondary N) is 1. The number of amides is 1. The summed E-state index contributed by atoms with van der Waals surface area (Å²) in [5.41, 5.74) is 3.09. The SMILES string of the molecule is CCOC(=O)N[C@H]1CC[C@@H]2[C@H](C1)C[C@@H]1C(=O)O[C@H](C)[C@@]1(C)[C@@H]2/C=C/C1=CC=C(c2cccc(F)c2)C(C)C1. The molecule has 1 N–H and O–H groups in total. The summed E-state index contributed by atoms with van der Waals surface area (Å²) in [6.07, 6.45) is 12.9. The lowest BCUT2D eigenvalue weighted by Gasteiger charge is -2.52. The first kappa shape index (κ1) is 26.7. The standard InChI is InChI=1S/C32H40FNO4/c1-5-37-31(36)34-25-11-13-27-23(17-25)18-29-30(35)38-20(3)32(29,4)28(27)14-10-21-9-12-26(19(2)15-21)22-7-6-8-24(33)16-22/h6-10,12,14,16,19-20,23,25,27-29H,5,11,13,15,17-18H2,1-4H3,(H,34,36)/b14-10+/t19?,20-,23-,25+,27-,28-,29-,32+/m1/s1. The zero-order valence-electron chi connectivity index (χ0n) is 22.9. The number of esters is 1. The molecule has 1 saturated heterocycles. The highest BCUT2D eigenvalue weighted by atomic mass is 19.1. The molecule has 5 nitrogen and oxygen atoms in total. The van der Waals surface area contributed by atoms with Crippen molar-refractivity contribution >= 4 is 17.6 Å². The second-order valence-corrected chi connectivity index (χ2v) is 11.9. The number of cyclic esters (lactones) is 1. The Labute approximate surface area is 225 Å². The van der Waals surface area contributed by atoms with Crippen LogP contribution in [-0.4, -0.2) is 30.8 Å². The fourth-order valence-electron chi connectivity index (χ4n) is 7.68. The molecule has 1 aromatic carbocycles. The maximum atomic E-state index is 13.8. The second-order valence-electron chi connectivity index (χ2n) is 11.9. The fourth-order valence-corrected chi connectivity index (χ4v) is 7.68. The molecule has 6 heteroatoms. The Morgan fingerprint density at radius 2 is 2.05 bits per heavy atom. The summed E-state index contributed by atoms with van der Waals surface area (Å²) in [4.78, 5) is 25.0. The summed E-state index contributed by atoms with van der Waals surface area (Å²) < 4.78 is 24.7. The van der Waals surface area contributed by atoms with Gasteiger partial charge in [0.25, 0.3) is 0 Å². The van der Waals surface area contributed by atoms with E-state index in [1.807, 2.05) is 19.9 Å². The Morgan fingerprint density at radius 1 is 1.24 bits per heavy atom. The average Bonchev–Trinajstić information content (AvgIpc) is 3.09. The fraction of sp³-hybridized carbons (Fsp3) is 0.562. The normalized spacial score (nSPS) is 36.6. The lowest BCUT2D eigenvalue weighted by molar-refractivity contribution is -0.144. The molecular weight excluding hydrogens is 481 g/mol. The van der Waals surface area contributed by atoms with Gasteiger partial charge in [-0.2, -0.15) is 0 Å². The first-order valence-electron chi connectivity index (χ1n) is 14.2. The summed E-state index contributed by atoms with van der Waals surface area (Å²) in [6.45, 7) is 8.64. The maximum absolute atomic E-state index is 13.8. The number of allylic oxidation sites excluding steroid dienone is 6. The highest BCUT2D eigenvalue weighted by Gasteiger charge is 2.62. The van der Waals surface area contributed by atoms with E-state index in [0.717, 1.165) is 43.2 Å². The van der Waals surface area contributed by atoms with Crippen LogP contribution in [0.2, 0.25) is 0 Å². The van der Waals surface area contributed by atoms with Gasteiger partial charge in [0.2, 0.25) is 0 Å². The van der Waals surface area contributed by atoms with Crippen molar-refractivity contribution in [2.45, 2.75) is 71.9 Å². The Bertz CT molecular complexity index is 1170. The van der Waals surface area contributed by atoms with Crippen LogP contribution >= 0.6 is 0 Å². The Hall–Kier alpha value is -2.89. The van der Waals surface area contributed by atoms with Gasteiger partial charge in [-0.1, -0.05) is 50.3 Å². The summed E-state index contributed by atoms with van der Waals surface area (Å²) in [5, 5.41) is 3.03. The van der Waals surface area contributed by atoms with E-state index in [-0.39, 0.29) is 53.2 Å². The number of alkyl carbamates (subject to hydrolysis) is 1. The van der Waals surface area contributed by atoms with Crippen LogP contribution in [0.3, 0.4) is 0 Å². The molecule has 1 unspecified atom stereocenters. The highest BCUT2D eigenvalue weighted by molar-refractivity contribution is 5.77. The molecule has 1 amide bonds. The van der Waals surface area contributed by atoms with Crippen LogP contribution in [-0.2, 0) is 14.3 Å². The van der Waals surface area contributed by atoms with Gasteiger partial charge in [-0.25, -0.2) is 9.18 Å². The average molecular weight is 522 g/mol. The monoisotopic (exact) mass is 521 g/mol. The summed E-state index contributed by atoms with van der Waals surface area (Å²) in [7, 11) is 0. The number of carbonyl (C=O) groups is 2. The molecule has 3 fully saturated rings. The minimum atomic E-state index is -0.356. The Balaban J connectivity index is 1.39. The van der Waals surface area contributed by atoms with Crippen molar-refractivity contribution in [3.05, 3.63) is 65.5 Å². The van der Waals surface area contributed by atoms with E-state index >= 15 is 0 Å². The third-order valence-corrected chi connectivity index (χ3v) is 9.79. The maximum Gasteiger partial charge on any atom is 0.407 e. The summed E-state index contributed by atoms with van der Waals surface area (Å²) in [6, 6.07) is 6.89. The Kier molecular flexibility index (Phi) is 7.52. The van der Waals surface area contributed by atoms with Crippen molar-refractivity contribution in [1.82, 2.24) is 5.32 Å². The quantitative estimate of drug-likeness (QED) is 0.431. The molecule has 3 aliphatic carbocycles. The van der Waals surface area contributed by atoms with E-state index < -0.39 is 0 Å². The molecule has 38 heavy (non-hydrogen) atoms. The van der Waals surface area contributed by atoms with Crippen molar-refractivity contribution in [1.29, 1.82) is 0 Å². The first-order valence-corrected chi connectivity index (χ1v) is 14.2. The number of rotatable bonds is 5. The van der Waals surface area contributed by atoms with E-state index in [9.17, 15) is 14.0 Å². The van der Waals surface area contributed by atoms with Crippen LogP contribution in [0.5, 0.6) is 0 Å². The molecule has 4 aliphatic rings. The molecule has 1 aromatic rings. The van der Waals surface area contributed by atoms with E-state index in [2.05, 4.69) is 43.5 Å². The van der Waals surface area contributed by atoms with Crippen molar-refractivity contribution in [2.75, 3.05) is 6.61 Å². The molecule has 0 bridgehead atoms. The lowest BCUT2D eigenvalue weighted by atomic mass is 9.50. The molecule has 8 atom stereocenters. The minimum absolute atomic E-state index is 0.0763. The summed E-state index contributed by atoms with van der Waals surface area (Å²) in [5.74, 6) is 0.850. The van der Waals surface area contributed by atoms with Gasteiger partial charge in [-0.3, -0.25) is 4.79 Å². The first-order chi connectivity index (χ1) is 18.2. The number of hydrogen-bond acceptors (Lipinski definition) is 4. The van der Waals surface area contributed by atoms with Crippen LogP contribution < -0.4 is 5.32 Å². The minimum Gasteiger partial charge on any atom is -0.462 e. The summed E-state index contributed by atoms with van der Waals surface area (Å²) >= 11 is 0. The molecule has 0 radical (unpaired) electrons. The van der Waals surface area contributed by atoms with E-state index in [1.54, 1.807) is 12.1 Å². The molecule has 1 heterocycles. The van der Waals surface area contributed by atoms with Crippen LogP contribution in [0.4, 0.5) is 9.18 Å². The Morgan fingerprint density at radius 3 is 2.79 bits per heavy atom. The number of halogens is 1. The lowest BCUT2D eigenvalue weighted by Crippen LogP contribution is -2.53. The van der Waals surface area contributed by atoms with Gasteiger partial charge < -0.3 is 14.8 Å². The van der Waals surface area contributed by atoms with Gasteiger partial charge in [0.15, 0.2) is 0 Å². The van der Waals surface area contributed by atoms with Crippen LogP contribution in [0.1, 0.15) is 65.4 Å². The van der Waals surface area contributed by atoms with Crippen molar-refractivity contribution in [3.8, 4) is 0 Å². The number of benzene rings is 1. The largest absolute Gasteiger partial charge is 0.462 e. The van der Waals surface area contributed by atoms with Crippen molar-refractivity contribution in [3.63, 3.8) is 0 Å². The predicted octanol–water partition coefficient (Wildman–Crippen LogP) is 6.85. The second kappa shape index (κ2) is 10.7. The topological polar surface area (TPSA) is 64.6 Å². The number of hydrogen-bond donors (Lipinski definition) is 1. The zero-order chi connectivity index (χ0) is 27.0. The van der Waals surface area contributed by atoms with E-state index in [0.29, 0.717) is 18.4 Å². The van der Waals surface area contributed by atoms with Gasteiger partial charge in [-0.05, 0) is 98.5 Å². The van der Waals surface area contributed by atoms with Gasteiger partial charge >= 0.3 is 12.1 Å². The third kappa shape index (κ3) is 4.94. The molecule has 0 aromatic heterocycles. The van der Waals surface area contributed by atoms with Gasteiger partial charge in [0.05, 0.1) is 12.5 Å². The van der Waals surface area contributed by atoms with Gasteiger partial charge in [0.1, 0.15) is 11.9 Å².